The highest BCUT2D eigenvalue weighted by Crippen LogP contribution is 2.36. The van der Waals surface area contributed by atoms with Crippen LogP contribution in [-0.4, -0.2) is 60.0 Å². The number of fused-ring (bicyclic) bond motifs is 2. The second kappa shape index (κ2) is 6.79. The molecular weight excluding hydrogens is 336 g/mol. The number of esters is 1. The van der Waals surface area contributed by atoms with Gasteiger partial charge < -0.3 is 24.4 Å². The number of carbonyl (C=O) groups is 2. The summed E-state index contributed by atoms with van der Waals surface area (Å²) in [6.07, 6.45) is 0.633. The summed E-state index contributed by atoms with van der Waals surface area (Å²) in [7, 11) is 1.32. The molecule has 0 aromatic heterocycles. The normalized spacial score (nSPS) is 21.9. The third-order valence-electron chi connectivity index (χ3n) is 4.86. The molecule has 1 aromatic rings. The summed E-state index contributed by atoms with van der Waals surface area (Å²) in [5.74, 6) is -0.459. The molecule has 0 saturated carbocycles. The van der Waals surface area contributed by atoms with E-state index >= 15 is 0 Å². The van der Waals surface area contributed by atoms with E-state index in [4.69, 9.17) is 9.47 Å². The van der Waals surface area contributed by atoms with E-state index in [0.29, 0.717) is 24.2 Å². The van der Waals surface area contributed by atoms with Gasteiger partial charge in [-0.1, -0.05) is 0 Å². The third-order valence-corrected chi connectivity index (χ3v) is 4.86. The van der Waals surface area contributed by atoms with Crippen LogP contribution in [0.25, 0.3) is 0 Å². The molecule has 0 radical (unpaired) electrons. The Labute approximate surface area is 153 Å². The van der Waals surface area contributed by atoms with E-state index in [1.807, 2.05) is 37.8 Å². The Morgan fingerprint density at radius 1 is 1.23 bits per heavy atom. The van der Waals surface area contributed by atoms with E-state index in [2.05, 4.69) is 4.90 Å². The zero-order valence-corrected chi connectivity index (χ0v) is 15.7. The van der Waals surface area contributed by atoms with Crippen molar-refractivity contribution in [2.75, 3.05) is 25.1 Å². The molecule has 2 fully saturated rings. The molecule has 2 saturated heterocycles. The number of nitrogens with zero attached hydrogens (tertiary/aromatic N) is 2. The average molecular weight is 362 g/mol. The number of aliphatic hydroxyl groups is 1. The maximum Gasteiger partial charge on any atom is 0.410 e. The van der Waals surface area contributed by atoms with Gasteiger partial charge in [0.2, 0.25) is 0 Å². The van der Waals surface area contributed by atoms with Crippen LogP contribution in [0.4, 0.5) is 10.5 Å². The summed E-state index contributed by atoms with van der Waals surface area (Å²) >= 11 is 0. The number of hydrogen-bond acceptors (Lipinski definition) is 6. The van der Waals surface area contributed by atoms with E-state index in [0.717, 1.165) is 12.1 Å². The topological polar surface area (TPSA) is 79.3 Å². The third kappa shape index (κ3) is 3.49. The van der Waals surface area contributed by atoms with E-state index < -0.39 is 11.6 Å². The van der Waals surface area contributed by atoms with Gasteiger partial charge in [-0.3, -0.25) is 0 Å². The van der Waals surface area contributed by atoms with Crippen molar-refractivity contribution in [1.82, 2.24) is 4.90 Å². The predicted octanol–water partition coefficient (Wildman–Crippen LogP) is 2.16. The molecule has 2 aliphatic rings. The van der Waals surface area contributed by atoms with Crippen LogP contribution in [0, 0.1) is 0 Å². The van der Waals surface area contributed by atoms with Gasteiger partial charge >= 0.3 is 12.1 Å². The number of hydrogen-bond donors (Lipinski definition) is 1. The van der Waals surface area contributed by atoms with Crippen molar-refractivity contribution in [2.45, 2.75) is 51.5 Å². The second-order valence-electron chi connectivity index (χ2n) is 7.82. The summed E-state index contributed by atoms with van der Waals surface area (Å²) in [5.41, 5.74) is 1.36. The number of amides is 1. The zero-order chi connectivity index (χ0) is 19.1. The highest BCUT2D eigenvalue weighted by molar-refractivity contribution is 5.91. The van der Waals surface area contributed by atoms with Crippen LogP contribution in [0.1, 0.15) is 43.1 Å². The van der Waals surface area contributed by atoms with Crippen molar-refractivity contribution in [3.8, 4) is 0 Å². The Balaban J connectivity index is 1.73. The van der Waals surface area contributed by atoms with Gasteiger partial charge in [0.1, 0.15) is 5.60 Å². The van der Waals surface area contributed by atoms with Crippen molar-refractivity contribution in [3.63, 3.8) is 0 Å². The molecule has 26 heavy (non-hydrogen) atoms. The van der Waals surface area contributed by atoms with E-state index in [1.54, 1.807) is 6.07 Å². The summed E-state index contributed by atoms with van der Waals surface area (Å²) < 4.78 is 10.2. The van der Waals surface area contributed by atoms with Crippen LogP contribution < -0.4 is 4.90 Å². The number of benzene rings is 1. The van der Waals surface area contributed by atoms with Gasteiger partial charge in [-0.15, -0.1) is 0 Å². The van der Waals surface area contributed by atoms with Crippen molar-refractivity contribution < 1.29 is 24.2 Å². The maximum atomic E-state index is 12.3. The molecule has 2 heterocycles. The molecule has 2 bridgehead atoms. The van der Waals surface area contributed by atoms with Crippen LogP contribution in [0.5, 0.6) is 0 Å². The number of likely N-dealkylation sites (tertiary alicyclic amines) is 1. The molecule has 2 atom stereocenters. The van der Waals surface area contributed by atoms with Gasteiger partial charge in [-0.2, -0.15) is 0 Å². The molecule has 1 N–H and O–H groups in total. The number of piperazine rings is 1. The number of ether oxygens (including phenoxy) is 2. The molecule has 3 rings (SSSR count). The minimum atomic E-state index is -0.502. The fourth-order valence-corrected chi connectivity index (χ4v) is 3.73. The summed E-state index contributed by atoms with van der Waals surface area (Å²) in [6, 6.07) is 5.70. The first-order valence-corrected chi connectivity index (χ1v) is 8.82. The Morgan fingerprint density at radius 2 is 1.96 bits per heavy atom. The van der Waals surface area contributed by atoms with Gasteiger partial charge in [0.15, 0.2) is 0 Å². The molecule has 2 aliphatic heterocycles. The lowest BCUT2D eigenvalue weighted by atomic mass is 10.1. The Kier molecular flexibility index (Phi) is 4.84. The summed E-state index contributed by atoms with van der Waals surface area (Å²) in [6.45, 7) is 6.70. The lowest BCUT2D eigenvalue weighted by molar-refractivity contribution is 0.0214. The lowest BCUT2D eigenvalue weighted by Crippen LogP contribution is -2.50. The predicted molar refractivity (Wildman–Crippen MR) is 96.2 cm³/mol. The molecular formula is C19H26N2O5. The molecule has 7 heteroatoms. The SMILES string of the molecule is COC(=O)c1ccc(N2C[C@H]3C[C@@H]2CN3C(=O)OC(C)(C)C)cc1CO. The standard InChI is InChI=1S/C19H26N2O5/c1-19(2,3)26-18(24)21-10-14-8-15(21)9-20(14)13-5-6-16(17(23)25-4)12(7-13)11-22/h5-7,14-15,22H,8-11H2,1-4H3/t14-,15-/m1/s1. The fraction of sp³-hybridized carbons (Fsp3) is 0.579. The van der Waals surface area contributed by atoms with Crippen LogP contribution in [0.3, 0.4) is 0 Å². The van der Waals surface area contributed by atoms with Gasteiger partial charge in [-0.25, -0.2) is 9.59 Å². The van der Waals surface area contributed by atoms with Gasteiger partial charge in [-0.05, 0) is 51.0 Å². The van der Waals surface area contributed by atoms with Gasteiger partial charge in [0.05, 0.1) is 25.3 Å². The molecule has 0 aliphatic carbocycles. The lowest BCUT2D eigenvalue weighted by Gasteiger charge is -2.36. The monoisotopic (exact) mass is 362 g/mol. The fourth-order valence-electron chi connectivity index (χ4n) is 3.73. The van der Waals surface area contributed by atoms with Gasteiger partial charge in [0, 0.05) is 24.8 Å². The average Bonchev–Trinajstić information content (AvgIpc) is 3.19. The number of carbonyl (C=O) groups excluding carboxylic acids is 2. The van der Waals surface area contributed by atoms with Crippen molar-refractivity contribution >= 4 is 17.7 Å². The van der Waals surface area contributed by atoms with Crippen LogP contribution in [-0.2, 0) is 16.1 Å². The number of anilines is 1. The molecule has 0 unspecified atom stereocenters. The smallest absolute Gasteiger partial charge is 0.410 e. The van der Waals surface area contributed by atoms with E-state index in [1.165, 1.54) is 7.11 Å². The Hall–Kier alpha value is -2.28. The molecule has 142 valence electrons. The molecule has 0 spiro atoms. The quantitative estimate of drug-likeness (QED) is 0.830. The number of aliphatic hydroxyl groups excluding tert-OH is 1. The van der Waals surface area contributed by atoms with Crippen LogP contribution >= 0.6 is 0 Å². The molecule has 1 amide bonds. The first-order valence-electron chi connectivity index (χ1n) is 8.82. The minimum Gasteiger partial charge on any atom is -0.465 e. The zero-order valence-electron chi connectivity index (χ0n) is 15.7. The highest BCUT2D eigenvalue weighted by atomic mass is 16.6. The second-order valence-corrected chi connectivity index (χ2v) is 7.82. The number of methoxy groups -OCH3 is 1. The molecule has 7 nitrogen and oxygen atoms in total. The Morgan fingerprint density at radius 3 is 2.50 bits per heavy atom. The van der Waals surface area contributed by atoms with Crippen molar-refractivity contribution in [2.24, 2.45) is 0 Å². The number of rotatable bonds is 3. The summed E-state index contributed by atoms with van der Waals surface area (Å²) in [5, 5.41) is 9.59. The largest absolute Gasteiger partial charge is 0.465 e. The minimum absolute atomic E-state index is 0.118. The highest BCUT2D eigenvalue weighted by Gasteiger charge is 2.46. The van der Waals surface area contributed by atoms with Crippen molar-refractivity contribution in [1.29, 1.82) is 0 Å². The Bertz CT molecular complexity index is 712. The molecule has 1 aromatic carbocycles. The first kappa shape index (κ1) is 18.5. The summed E-state index contributed by atoms with van der Waals surface area (Å²) in [4.78, 5) is 28.2. The van der Waals surface area contributed by atoms with Crippen LogP contribution in [0.15, 0.2) is 18.2 Å². The van der Waals surface area contributed by atoms with Crippen LogP contribution in [0.2, 0.25) is 0 Å². The van der Waals surface area contributed by atoms with Gasteiger partial charge in [0.25, 0.3) is 0 Å². The van der Waals surface area contributed by atoms with E-state index in [-0.39, 0.29) is 24.8 Å². The maximum absolute atomic E-state index is 12.3. The first-order chi connectivity index (χ1) is 12.2. The van der Waals surface area contributed by atoms with E-state index in [9.17, 15) is 14.7 Å². The van der Waals surface area contributed by atoms with Crippen molar-refractivity contribution in [3.05, 3.63) is 29.3 Å².